The maximum atomic E-state index is 12.5. The van der Waals surface area contributed by atoms with Gasteiger partial charge in [-0.15, -0.1) is 0 Å². The van der Waals surface area contributed by atoms with E-state index >= 15 is 0 Å². The van der Waals surface area contributed by atoms with Gasteiger partial charge in [-0.2, -0.15) is 5.10 Å². The van der Waals surface area contributed by atoms with Gasteiger partial charge >= 0.3 is 0 Å². The van der Waals surface area contributed by atoms with Crippen LogP contribution in [0.2, 0.25) is 0 Å². The Bertz CT molecular complexity index is 665. The van der Waals surface area contributed by atoms with Crippen LogP contribution in [0.25, 0.3) is 0 Å². The number of rotatable bonds is 5. The second-order valence-electron chi connectivity index (χ2n) is 4.71. The molecule has 7 heteroatoms. The minimum absolute atomic E-state index is 0.168. The van der Waals surface area contributed by atoms with E-state index in [0.29, 0.717) is 11.4 Å². The normalized spacial score (nSPS) is 10.3. The average Bonchev–Trinajstić information content (AvgIpc) is 2.83. The Morgan fingerprint density at radius 1 is 1.33 bits per heavy atom. The van der Waals surface area contributed by atoms with E-state index in [0.717, 1.165) is 5.56 Å². The van der Waals surface area contributed by atoms with Gasteiger partial charge in [0.15, 0.2) is 0 Å². The minimum Gasteiger partial charge on any atom is -0.399 e. The molecule has 21 heavy (non-hydrogen) atoms. The number of carbonyl (C=O) groups is 2. The molecular formula is C14H17N5O2. The zero-order valence-corrected chi connectivity index (χ0v) is 11.7. The highest BCUT2D eigenvalue weighted by molar-refractivity contribution is 5.94. The van der Waals surface area contributed by atoms with Crippen LogP contribution in [0, 0.1) is 0 Å². The number of amides is 2. The van der Waals surface area contributed by atoms with E-state index in [4.69, 9.17) is 11.5 Å². The summed E-state index contributed by atoms with van der Waals surface area (Å²) >= 11 is 0. The van der Waals surface area contributed by atoms with Crippen LogP contribution in [0.4, 0.5) is 5.69 Å². The van der Waals surface area contributed by atoms with Gasteiger partial charge in [0.05, 0.1) is 0 Å². The lowest BCUT2D eigenvalue weighted by atomic mass is 10.2. The van der Waals surface area contributed by atoms with Gasteiger partial charge in [0, 0.05) is 25.5 Å². The molecule has 2 amide bonds. The second kappa shape index (κ2) is 6.08. The van der Waals surface area contributed by atoms with E-state index in [1.54, 1.807) is 31.3 Å². The fraction of sp³-hybridized carbons (Fsp3) is 0.214. The fourth-order valence-electron chi connectivity index (χ4n) is 2.05. The van der Waals surface area contributed by atoms with Crippen molar-refractivity contribution in [3.8, 4) is 0 Å². The summed E-state index contributed by atoms with van der Waals surface area (Å²) < 4.78 is 1.45. The van der Waals surface area contributed by atoms with Gasteiger partial charge in [-0.3, -0.25) is 14.3 Å². The van der Waals surface area contributed by atoms with Gasteiger partial charge in [0.1, 0.15) is 12.2 Å². The van der Waals surface area contributed by atoms with Gasteiger partial charge in [-0.05, 0) is 23.8 Å². The van der Waals surface area contributed by atoms with Gasteiger partial charge in [-0.1, -0.05) is 12.1 Å². The van der Waals surface area contributed by atoms with Gasteiger partial charge in [0.25, 0.3) is 5.91 Å². The van der Waals surface area contributed by atoms with Crippen molar-refractivity contribution in [3.63, 3.8) is 0 Å². The average molecular weight is 287 g/mol. The Hall–Kier alpha value is -2.83. The summed E-state index contributed by atoms with van der Waals surface area (Å²) in [5, 5.41) is 3.95. The van der Waals surface area contributed by atoms with Crippen molar-refractivity contribution < 1.29 is 9.59 Å². The van der Waals surface area contributed by atoms with E-state index in [1.807, 2.05) is 6.07 Å². The summed E-state index contributed by atoms with van der Waals surface area (Å²) in [7, 11) is 1.66. The molecule has 0 atom stereocenters. The van der Waals surface area contributed by atoms with E-state index < -0.39 is 5.91 Å². The van der Waals surface area contributed by atoms with Crippen LogP contribution in [-0.4, -0.2) is 33.0 Å². The number of nitrogens with zero attached hydrogens (tertiary/aromatic N) is 3. The van der Waals surface area contributed by atoms with Gasteiger partial charge in [-0.25, -0.2) is 0 Å². The third-order valence-electron chi connectivity index (χ3n) is 3.00. The molecule has 0 unspecified atom stereocenters. The van der Waals surface area contributed by atoms with Crippen molar-refractivity contribution in [1.82, 2.24) is 14.7 Å². The first-order valence-corrected chi connectivity index (χ1v) is 6.37. The van der Waals surface area contributed by atoms with Crippen LogP contribution in [0.5, 0.6) is 0 Å². The maximum absolute atomic E-state index is 12.5. The predicted octanol–water partition coefficient (Wildman–Crippen LogP) is 0.130. The van der Waals surface area contributed by atoms with Crippen molar-refractivity contribution in [2.24, 2.45) is 12.8 Å². The highest BCUT2D eigenvalue weighted by Gasteiger charge is 2.20. The Kier molecular flexibility index (Phi) is 4.22. The lowest BCUT2D eigenvalue weighted by Gasteiger charge is -2.21. The highest BCUT2D eigenvalue weighted by atomic mass is 16.2. The van der Waals surface area contributed by atoms with Crippen LogP contribution >= 0.6 is 0 Å². The number of aryl methyl sites for hydroxylation is 1. The molecule has 7 nitrogen and oxygen atoms in total. The number of primary amides is 1. The van der Waals surface area contributed by atoms with Crippen molar-refractivity contribution in [1.29, 1.82) is 0 Å². The Morgan fingerprint density at radius 3 is 2.67 bits per heavy atom. The standard InChI is InChI=1S/C14H17N5O2/c1-18-12(5-6-17-18)14(21)19(9-13(16)20)8-10-3-2-4-11(15)7-10/h2-7H,8-9,15H2,1H3,(H2,16,20). The number of nitrogen functional groups attached to an aromatic ring is 1. The topological polar surface area (TPSA) is 107 Å². The third-order valence-corrected chi connectivity index (χ3v) is 3.00. The Balaban J connectivity index is 2.24. The molecule has 2 rings (SSSR count). The number of nitrogens with two attached hydrogens (primary N) is 2. The molecular weight excluding hydrogens is 270 g/mol. The molecule has 4 N–H and O–H groups in total. The van der Waals surface area contributed by atoms with Crippen molar-refractivity contribution in [2.75, 3.05) is 12.3 Å². The first kappa shape index (κ1) is 14.6. The molecule has 0 aliphatic heterocycles. The summed E-state index contributed by atoms with van der Waals surface area (Å²) in [4.78, 5) is 25.1. The van der Waals surface area contributed by atoms with Crippen molar-refractivity contribution in [3.05, 3.63) is 47.8 Å². The zero-order chi connectivity index (χ0) is 15.4. The van der Waals surface area contributed by atoms with Crippen LogP contribution in [0.15, 0.2) is 36.5 Å². The van der Waals surface area contributed by atoms with E-state index in [9.17, 15) is 9.59 Å². The summed E-state index contributed by atoms with van der Waals surface area (Å²) in [5.74, 6) is -0.884. The predicted molar refractivity (Wildman–Crippen MR) is 78.0 cm³/mol. The highest BCUT2D eigenvalue weighted by Crippen LogP contribution is 2.12. The molecule has 0 saturated carbocycles. The zero-order valence-electron chi connectivity index (χ0n) is 11.7. The summed E-state index contributed by atoms with van der Waals surface area (Å²) in [6.45, 7) is 0.0802. The molecule has 0 aliphatic carbocycles. The second-order valence-corrected chi connectivity index (χ2v) is 4.71. The number of benzene rings is 1. The Morgan fingerprint density at radius 2 is 2.10 bits per heavy atom. The SMILES string of the molecule is Cn1nccc1C(=O)N(CC(N)=O)Cc1cccc(N)c1. The lowest BCUT2D eigenvalue weighted by Crippen LogP contribution is -2.38. The van der Waals surface area contributed by atoms with E-state index in [-0.39, 0.29) is 19.0 Å². The molecule has 0 bridgehead atoms. The molecule has 110 valence electrons. The Labute approximate surface area is 122 Å². The molecule has 1 aromatic heterocycles. The van der Waals surface area contributed by atoms with E-state index in [1.165, 1.54) is 15.8 Å². The molecule has 0 aliphatic rings. The molecule has 1 aromatic carbocycles. The monoisotopic (exact) mass is 287 g/mol. The lowest BCUT2D eigenvalue weighted by molar-refractivity contribution is -0.118. The third kappa shape index (κ3) is 3.59. The number of hydrogen-bond donors (Lipinski definition) is 2. The van der Waals surface area contributed by atoms with E-state index in [2.05, 4.69) is 5.10 Å². The number of anilines is 1. The largest absolute Gasteiger partial charge is 0.399 e. The van der Waals surface area contributed by atoms with Crippen molar-refractivity contribution in [2.45, 2.75) is 6.54 Å². The first-order chi connectivity index (χ1) is 9.97. The van der Waals surface area contributed by atoms with Crippen LogP contribution in [0.1, 0.15) is 16.1 Å². The quantitative estimate of drug-likeness (QED) is 0.762. The molecule has 2 aromatic rings. The van der Waals surface area contributed by atoms with Crippen molar-refractivity contribution >= 4 is 17.5 Å². The first-order valence-electron chi connectivity index (χ1n) is 6.37. The molecule has 0 fully saturated rings. The summed E-state index contributed by atoms with van der Waals surface area (Å²) in [6, 6.07) is 8.73. The minimum atomic E-state index is -0.575. The molecule has 0 spiro atoms. The number of hydrogen-bond acceptors (Lipinski definition) is 4. The molecule has 0 saturated heterocycles. The van der Waals surface area contributed by atoms with Crippen LogP contribution < -0.4 is 11.5 Å². The smallest absolute Gasteiger partial charge is 0.272 e. The van der Waals surface area contributed by atoms with Crippen LogP contribution in [0.3, 0.4) is 0 Å². The summed E-state index contributed by atoms with van der Waals surface area (Å²) in [5.41, 5.74) is 12.8. The molecule has 0 radical (unpaired) electrons. The number of aromatic nitrogens is 2. The maximum Gasteiger partial charge on any atom is 0.272 e. The van der Waals surface area contributed by atoms with Crippen LogP contribution in [-0.2, 0) is 18.4 Å². The fourth-order valence-corrected chi connectivity index (χ4v) is 2.05. The van der Waals surface area contributed by atoms with Gasteiger partial charge in [0.2, 0.25) is 5.91 Å². The van der Waals surface area contributed by atoms with Gasteiger partial charge < -0.3 is 16.4 Å². The molecule has 1 heterocycles. The summed E-state index contributed by atoms with van der Waals surface area (Å²) in [6.07, 6.45) is 1.52. The number of carbonyl (C=O) groups excluding carboxylic acids is 2.